The van der Waals surface area contributed by atoms with E-state index < -0.39 is 0 Å². The summed E-state index contributed by atoms with van der Waals surface area (Å²) in [6.07, 6.45) is 3.46. The Morgan fingerprint density at radius 2 is 2.00 bits per heavy atom. The predicted octanol–water partition coefficient (Wildman–Crippen LogP) is 3.34. The summed E-state index contributed by atoms with van der Waals surface area (Å²) >= 11 is 0. The van der Waals surface area contributed by atoms with E-state index in [1.54, 1.807) is 12.3 Å². The van der Waals surface area contributed by atoms with Crippen molar-refractivity contribution in [2.45, 2.75) is 6.92 Å². The molecule has 0 unspecified atom stereocenters. The minimum absolute atomic E-state index is 0.0752. The van der Waals surface area contributed by atoms with E-state index in [9.17, 15) is 0 Å². The van der Waals surface area contributed by atoms with Gasteiger partial charge in [0.15, 0.2) is 0 Å². The van der Waals surface area contributed by atoms with Gasteiger partial charge in [0, 0.05) is 5.56 Å². The molecule has 2 nitrogen and oxygen atoms in total. The van der Waals surface area contributed by atoms with E-state index in [0.29, 0.717) is 0 Å². The smallest absolute Gasteiger partial charge is 0.133 e. The second kappa shape index (κ2) is 4.81. The van der Waals surface area contributed by atoms with Crippen LogP contribution in [0.3, 0.4) is 0 Å². The van der Waals surface area contributed by atoms with Crippen molar-refractivity contribution in [1.82, 2.24) is 0 Å². The molecule has 1 aromatic carbocycles. The van der Waals surface area contributed by atoms with Crippen LogP contribution >= 0.6 is 0 Å². The lowest BCUT2D eigenvalue weighted by molar-refractivity contribution is 0.343. The maximum absolute atomic E-state index is 8.81. The van der Waals surface area contributed by atoms with Gasteiger partial charge >= 0.3 is 0 Å². The Kier molecular flexibility index (Phi) is 3.22. The van der Waals surface area contributed by atoms with Crippen LogP contribution in [0, 0.1) is 0 Å². The van der Waals surface area contributed by atoms with Crippen LogP contribution in [0.15, 0.2) is 53.2 Å². The number of allylic oxidation sites excluding steroid dienone is 1. The number of aliphatic hydroxyl groups is 1. The normalized spacial score (nSPS) is 11.8. The number of aliphatic hydroxyl groups excluding tert-OH is 1. The zero-order valence-corrected chi connectivity index (χ0v) is 9.18. The monoisotopic (exact) mass is 214 g/mol. The van der Waals surface area contributed by atoms with Gasteiger partial charge in [-0.15, -0.1) is 0 Å². The van der Waals surface area contributed by atoms with Gasteiger partial charge in [0.25, 0.3) is 0 Å². The van der Waals surface area contributed by atoms with Gasteiger partial charge in [-0.05, 0) is 30.2 Å². The van der Waals surface area contributed by atoms with Crippen molar-refractivity contribution < 1.29 is 9.52 Å². The fourth-order valence-electron chi connectivity index (χ4n) is 1.59. The van der Waals surface area contributed by atoms with Crippen LogP contribution in [0.1, 0.15) is 12.5 Å². The highest BCUT2D eigenvalue weighted by Crippen LogP contribution is 2.22. The number of rotatable bonds is 3. The average molecular weight is 214 g/mol. The van der Waals surface area contributed by atoms with Crippen LogP contribution in [-0.2, 0) is 0 Å². The highest BCUT2D eigenvalue weighted by molar-refractivity contribution is 5.67. The third kappa shape index (κ3) is 2.23. The highest BCUT2D eigenvalue weighted by Gasteiger charge is 2.00. The lowest BCUT2D eigenvalue weighted by Gasteiger charge is -2.02. The van der Waals surface area contributed by atoms with Crippen molar-refractivity contribution in [3.63, 3.8) is 0 Å². The molecule has 0 saturated heterocycles. The van der Waals surface area contributed by atoms with Gasteiger partial charge in [0.2, 0.25) is 0 Å². The standard InChI is InChI=1S/C14H14O2/c1-11(8-9-15)12-4-6-13(7-5-12)14-3-2-10-16-14/h2-8,10,15H,9H2,1H3/b11-8-. The van der Waals surface area contributed by atoms with E-state index in [0.717, 1.165) is 22.5 Å². The Hall–Kier alpha value is -1.80. The van der Waals surface area contributed by atoms with Crippen LogP contribution in [0.5, 0.6) is 0 Å². The Balaban J connectivity index is 2.26. The Labute approximate surface area is 94.8 Å². The molecule has 1 N–H and O–H groups in total. The van der Waals surface area contributed by atoms with Crippen molar-refractivity contribution in [1.29, 1.82) is 0 Å². The van der Waals surface area contributed by atoms with E-state index in [4.69, 9.17) is 9.52 Å². The van der Waals surface area contributed by atoms with Crippen molar-refractivity contribution >= 4 is 5.57 Å². The first-order chi connectivity index (χ1) is 7.81. The fourth-order valence-corrected chi connectivity index (χ4v) is 1.59. The molecule has 0 radical (unpaired) electrons. The van der Waals surface area contributed by atoms with Crippen LogP contribution < -0.4 is 0 Å². The number of benzene rings is 1. The molecule has 0 atom stereocenters. The molecule has 2 rings (SSSR count). The number of hydrogen-bond donors (Lipinski definition) is 1. The van der Waals surface area contributed by atoms with E-state index in [2.05, 4.69) is 0 Å². The third-order valence-corrected chi connectivity index (χ3v) is 2.54. The summed E-state index contributed by atoms with van der Waals surface area (Å²) in [6.45, 7) is 2.06. The number of furan rings is 1. The average Bonchev–Trinajstić information content (AvgIpc) is 2.83. The summed E-state index contributed by atoms with van der Waals surface area (Å²) < 4.78 is 5.31. The fraction of sp³-hybridized carbons (Fsp3) is 0.143. The number of hydrogen-bond acceptors (Lipinski definition) is 2. The molecule has 0 fully saturated rings. The second-order valence-electron chi connectivity index (χ2n) is 3.62. The first-order valence-corrected chi connectivity index (χ1v) is 5.23. The highest BCUT2D eigenvalue weighted by atomic mass is 16.3. The van der Waals surface area contributed by atoms with Crippen LogP contribution in [-0.4, -0.2) is 11.7 Å². The molecule has 1 aromatic heterocycles. The molecule has 82 valence electrons. The summed E-state index contributed by atoms with van der Waals surface area (Å²) in [4.78, 5) is 0. The Bertz CT molecular complexity index is 464. The van der Waals surface area contributed by atoms with Crippen molar-refractivity contribution in [2.75, 3.05) is 6.61 Å². The summed E-state index contributed by atoms with van der Waals surface area (Å²) in [5, 5.41) is 8.81. The van der Waals surface area contributed by atoms with Gasteiger partial charge in [0.1, 0.15) is 5.76 Å². The van der Waals surface area contributed by atoms with Gasteiger partial charge in [-0.1, -0.05) is 30.3 Å². The maximum atomic E-state index is 8.81. The third-order valence-electron chi connectivity index (χ3n) is 2.54. The first kappa shape index (κ1) is 10.7. The molecular formula is C14H14O2. The molecule has 2 heteroatoms. The van der Waals surface area contributed by atoms with E-state index in [1.165, 1.54) is 0 Å². The molecule has 0 amide bonds. The van der Waals surface area contributed by atoms with Gasteiger partial charge in [-0.3, -0.25) is 0 Å². The summed E-state index contributed by atoms with van der Waals surface area (Å²) in [5.41, 5.74) is 3.25. The van der Waals surface area contributed by atoms with Gasteiger partial charge in [-0.2, -0.15) is 0 Å². The van der Waals surface area contributed by atoms with Gasteiger partial charge in [0.05, 0.1) is 12.9 Å². The summed E-state index contributed by atoms with van der Waals surface area (Å²) in [6, 6.07) is 11.9. The molecule has 16 heavy (non-hydrogen) atoms. The van der Waals surface area contributed by atoms with Gasteiger partial charge in [-0.25, -0.2) is 0 Å². The predicted molar refractivity (Wildman–Crippen MR) is 64.9 cm³/mol. The topological polar surface area (TPSA) is 33.4 Å². The van der Waals surface area contributed by atoms with E-state index in [1.807, 2.05) is 43.3 Å². The molecule has 2 aromatic rings. The Morgan fingerprint density at radius 1 is 1.25 bits per heavy atom. The molecule has 0 aliphatic rings. The quantitative estimate of drug-likeness (QED) is 0.850. The minimum atomic E-state index is 0.0752. The molecule has 0 bridgehead atoms. The van der Waals surface area contributed by atoms with E-state index in [-0.39, 0.29) is 6.61 Å². The molecule has 0 spiro atoms. The van der Waals surface area contributed by atoms with Crippen molar-refractivity contribution in [3.8, 4) is 11.3 Å². The van der Waals surface area contributed by atoms with Crippen LogP contribution in [0.25, 0.3) is 16.9 Å². The maximum Gasteiger partial charge on any atom is 0.133 e. The SMILES string of the molecule is C/C(=C/CO)c1ccc(-c2ccco2)cc1. The van der Waals surface area contributed by atoms with Crippen LogP contribution in [0.2, 0.25) is 0 Å². The molecule has 0 saturated carbocycles. The summed E-state index contributed by atoms with van der Waals surface area (Å²) in [5.74, 6) is 0.871. The zero-order valence-electron chi connectivity index (χ0n) is 9.18. The largest absolute Gasteiger partial charge is 0.464 e. The lowest BCUT2D eigenvalue weighted by Crippen LogP contribution is -1.82. The summed E-state index contributed by atoms with van der Waals surface area (Å²) in [7, 11) is 0. The van der Waals surface area contributed by atoms with Gasteiger partial charge < -0.3 is 9.52 Å². The Morgan fingerprint density at radius 3 is 2.56 bits per heavy atom. The van der Waals surface area contributed by atoms with E-state index >= 15 is 0 Å². The first-order valence-electron chi connectivity index (χ1n) is 5.23. The van der Waals surface area contributed by atoms with Crippen molar-refractivity contribution in [3.05, 3.63) is 54.3 Å². The molecule has 0 aliphatic carbocycles. The molecule has 0 aliphatic heterocycles. The van der Waals surface area contributed by atoms with Crippen molar-refractivity contribution in [2.24, 2.45) is 0 Å². The molecular weight excluding hydrogens is 200 g/mol. The second-order valence-corrected chi connectivity index (χ2v) is 3.62. The minimum Gasteiger partial charge on any atom is -0.464 e. The zero-order chi connectivity index (χ0) is 11.4. The van der Waals surface area contributed by atoms with Crippen LogP contribution in [0.4, 0.5) is 0 Å². The molecule has 1 heterocycles. The lowest BCUT2D eigenvalue weighted by atomic mass is 10.0.